The van der Waals surface area contributed by atoms with Gasteiger partial charge in [-0.1, -0.05) is 39.3 Å². The van der Waals surface area contributed by atoms with Crippen LogP contribution in [0.5, 0.6) is 0 Å². The van der Waals surface area contributed by atoms with E-state index in [1.165, 1.54) is 0 Å². The summed E-state index contributed by atoms with van der Waals surface area (Å²) < 4.78 is 1.87. The molecule has 1 unspecified atom stereocenters. The summed E-state index contributed by atoms with van der Waals surface area (Å²) in [6.07, 6.45) is 4.55. The third kappa shape index (κ3) is 5.60. The third-order valence-corrected chi connectivity index (χ3v) is 7.91. The van der Waals surface area contributed by atoms with E-state index in [4.69, 9.17) is 11.6 Å². The average molecular weight is 511 g/mol. The van der Waals surface area contributed by atoms with Crippen molar-refractivity contribution in [2.24, 2.45) is 11.3 Å². The Balaban J connectivity index is 1.57. The highest BCUT2D eigenvalue weighted by molar-refractivity contribution is 6.36. The maximum Gasteiger partial charge on any atom is 0.251 e. The van der Waals surface area contributed by atoms with Gasteiger partial charge in [0.05, 0.1) is 21.8 Å². The second-order valence-electron chi connectivity index (χ2n) is 11.7. The average Bonchev–Trinajstić information content (AvgIpc) is 3.09. The Morgan fingerprint density at radius 1 is 1.25 bits per heavy atom. The van der Waals surface area contributed by atoms with Crippen LogP contribution >= 0.6 is 11.6 Å². The number of nitrogens with one attached hydrogen (secondary N) is 1. The number of piperidine rings is 1. The summed E-state index contributed by atoms with van der Waals surface area (Å²) in [7, 11) is 0. The van der Waals surface area contributed by atoms with Crippen molar-refractivity contribution in [2.75, 3.05) is 19.6 Å². The first-order valence-electron chi connectivity index (χ1n) is 13.1. The van der Waals surface area contributed by atoms with Crippen molar-refractivity contribution in [1.82, 2.24) is 19.5 Å². The van der Waals surface area contributed by atoms with Gasteiger partial charge in [-0.15, -0.1) is 0 Å². The summed E-state index contributed by atoms with van der Waals surface area (Å²) in [5.74, 6) is 0.610. The number of carbonyl (C=O) groups excluding carboxylic acids is 1. The van der Waals surface area contributed by atoms with Crippen molar-refractivity contribution in [2.45, 2.75) is 73.1 Å². The molecule has 0 bridgehead atoms. The van der Waals surface area contributed by atoms with Gasteiger partial charge in [0, 0.05) is 36.3 Å². The van der Waals surface area contributed by atoms with Crippen LogP contribution in [0.2, 0.25) is 5.02 Å². The van der Waals surface area contributed by atoms with E-state index in [2.05, 4.69) is 42.7 Å². The number of H-pyrrole nitrogens is 1. The normalized spacial score (nSPS) is 16.5. The van der Waals surface area contributed by atoms with Crippen LogP contribution in [0.15, 0.2) is 29.2 Å². The number of hydrogen-bond donors (Lipinski definition) is 1. The fraction of sp³-hybridized carbons (Fsp3) is 0.552. The summed E-state index contributed by atoms with van der Waals surface area (Å²) in [5.41, 5.74) is 4.75. The van der Waals surface area contributed by atoms with Gasteiger partial charge in [0.15, 0.2) is 5.78 Å². The topological polar surface area (TPSA) is 70.5 Å². The zero-order valence-electron chi connectivity index (χ0n) is 22.4. The predicted molar refractivity (Wildman–Crippen MR) is 146 cm³/mol. The molecule has 4 heterocycles. The molecule has 1 fully saturated rings. The molecular weight excluding hydrogens is 472 g/mol. The van der Waals surface area contributed by atoms with Crippen LogP contribution in [0.3, 0.4) is 0 Å². The molecule has 3 aromatic heterocycles. The molecule has 1 N–H and O–H groups in total. The number of ketones is 1. The predicted octanol–water partition coefficient (Wildman–Crippen LogP) is 5.97. The van der Waals surface area contributed by atoms with Crippen LogP contribution in [0.4, 0.5) is 0 Å². The number of hydrogen-bond acceptors (Lipinski definition) is 4. The molecule has 0 radical (unpaired) electrons. The molecule has 0 spiro atoms. The van der Waals surface area contributed by atoms with Gasteiger partial charge >= 0.3 is 0 Å². The number of carbonyl (C=O) groups is 1. The van der Waals surface area contributed by atoms with Gasteiger partial charge in [-0.25, -0.2) is 4.52 Å². The van der Waals surface area contributed by atoms with Crippen molar-refractivity contribution >= 4 is 22.9 Å². The van der Waals surface area contributed by atoms with E-state index in [-0.39, 0.29) is 23.7 Å². The molecule has 3 aromatic rings. The summed E-state index contributed by atoms with van der Waals surface area (Å²) in [5, 5.41) is 5.11. The zero-order valence-corrected chi connectivity index (χ0v) is 23.2. The monoisotopic (exact) mass is 510 g/mol. The SMILES string of the molecule is Cc1cc(C)c(CCC(=O)c2c(Cl)c(C(C)C3CCN(CC(C)(C)C)CC3)n3ncccc23)c(=O)[nH]1. The lowest BCUT2D eigenvalue weighted by molar-refractivity contribution is 0.0984. The van der Waals surface area contributed by atoms with E-state index in [0.29, 0.717) is 33.9 Å². The van der Waals surface area contributed by atoms with Crippen molar-refractivity contribution in [3.8, 4) is 0 Å². The van der Waals surface area contributed by atoms with E-state index in [1.54, 1.807) is 6.20 Å². The molecule has 7 heteroatoms. The summed E-state index contributed by atoms with van der Waals surface area (Å²) in [6, 6.07) is 5.70. The number of pyridine rings is 1. The number of aryl methyl sites for hydroxylation is 2. The van der Waals surface area contributed by atoms with Crippen molar-refractivity contribution in [3.05, 3.63) is 67.9 Å². The molecule has 1 saturated heterocycles. The van der Waals surface area contributed by atoms with Gasteiger partial charge < -0.3 is 9.88 Å². The Labute approximate surface area is 219 Å². The quantitative estimate of drug-likeness (QED) is 0.397. The highest BCUT2D eigenvalue weighted by atomic mass is 35.5. The van der Waals surface area contributed by atoms with Crippen molar-refractivity contribution < 1.29 is 4.79 Å². The smallest absolute Gasteiger partial charge is 0.251 e. The van der Waals surface area contributed by atoms with Crippen LogP contribution in [0.1, 0.15) is 85.7 Å². The van der Waals surface area contributed by atoms with Crippen molar-refractivity contribution in [1.29, 1.82) is 0 Å². The van der Waals surface area contributed by atoms with E-state index in [9.17, 15) is 9.59 Å². The third-order valence-electron chi connectivity index (χ3n) is 7.52. The lowest BCUT2D eigenvalue weighted by atomic mass is 9.82. The Morgan fingerprint density at radius 3 is 2.58 bits per heavy atom. The largest absolute Gasteiger partial charge is 0.326 e. The first kappa shape index (κ1) is 26.6. The lowest BCUT2D eigenvalue weighted by Crippen LogP contribution is -2.40. The van der Waals surface area contributed by atoms with Crippen LogP contribution < -0.4 is 5.56 Å². The van der Waals surface area contributed by atoms with Crippen LogP contribution in [0.25, 0.3) is 5.52 Å². The number of halogens is 1. The molecule has 1 aliphatic rings. The highest BCUT2D eigenvalue weighted by Gasteiger charge is 2.32. The van der Waals surface area contributed by atoms with Gasteiger partial charge in [-0.05, 0) is 81.3 Å². The Kier molecular flexibility index (Phi) is 7.77. The first-order valence-corrected chi connectivity index (χ1v) is 13.4. The molecule has 0 aliphatic carbocycles. The Bertz CT molecular complexity index is 1310. The molecule has 6 nitrogen and oxygen atoms in total. The number of likely N-dealkylation sites (tertiary alicyclic amines) is 1. The lowest BCUT2D eigenvalue weighted by Gasteiger charge is -2.37. The van der Waals surface area contributed by atoms with Gasteiger partial charge in [0.25, 0.3) is 5.56 Å². The van der Waals surface area contributed by atoms with Gasteiger partial charge in [0.2, 0.25) is 0 Å². The standard InChI is InChI=1S/C29H39ClN4O2/c1-18-16-19(2)32-28(36)22(18)9-10-24(35)25-23-8-7-13-31-34(23)27(26(25)30)20(3)21-11-14-33(15-12-21)17-29(4,5)6/h7-8,13,16,20-21H,9-12,14-15,17H2,1-6H3,(H,32,36). The van der Waals surface area contributed by atoms with Gasteiger partial charge in [0.1, 0.15) is 0 Å². The number of fused-ring (bicyclic) bond motifs is 1. The molecule has 36 heavy (non-hydrogen) atoms. The Morgan fingerprint density at radius 2 is 1.94 bits per heavy atom. The molecule has 0 saturated carbocycles. The maximum atomic E-state index is 13.5. The highest BCUT2D eigenvalue weighted by Crippen LogP contribution is 2.40. The summed E-state index contributed by atoms with van der Waals surface area (Å²) in [4.78, 5) is 31.3. The number of nitrogens with zero attached hydrogens (tertiary/aromatic N) is 3. The molecule has 1 aliphatic heterocycles. The second-order valence-corrected chi connectivity index (χ2v) is 12.1. The van der Waals surface area contributed by atoms with Crippen LogP contribution in [-0.4, -0.2) is 44.9 Å². The molecule has 194 valence electrons. The summed E-state index contributed by atoms with van der Waals surface area (Å²) in [6.45, 7) is 16.1. The van der Waals surface area contributed by atoms with E-state index in [1.807, 2.05) is 36.6 Å². The van der Waals surface area contributed by atoms with E-state index >= 15 is 0 Å². The number of aromatic amines is 1. The van der Waals surface area contributed by atoms with Gasteiger partial charge in [-0.2, -0.15) is 5.10 Å². The number of Topliss-reactive ketones (excluding diaryl/α,β-unsaturated/α-hetero) is 1. The molecule has 1 atom stereocenters. The summed E-state index contributed by atoms with van der Waals surface area (Å²) >= 11 is 6.98. The molecule has 4 rings (SSSR count). The minimum Gasteiger partial charge on any atom is -0.326 e. The van der Waals surface area contributed by atoms with Crippen LogP contribution in [-0.2, 0) is 6.42 Å². The minimum atomic E-state index is -0.123. The van der Waals surface area contributed by atoms with Crippen LogP contribution in [0, 0.1) is 25.2 Å². The van der Waals surface area contributed by atoms with Crippen molar-refractivity contribution in [3.63, 3.8) is 0 Å². The Hall–Kier alpha value is -2.44. The van der Waals surface area contributed by atoms with E-state index in [0.717, 1.165) is 54.9 Å². The second kappa shape index (κ2) is 10.5. The minimum absolute atomic E-state index is 0.0525. The molecule has 0 aromatic carbocycles. The fourth-order valence-corrected chi connectivity index (χ4v) is 6.26. The first-order chi connectivity index (χ1) is 17.0. The zero-order chi connectivity index (χ0) is 26.2. The number of rotatable bonds is 7. The molecule has 0 amide bonds. The molecular formula is C29H39ClN4O2. The van der Waals surface area contributed by atoms with Gasteiger partial charge in [-0.3, -0.25) is 9.59 Å². The fourth-order valence-electron chi connectivity index (χ4n) is 5.81. The van der Waals surface area contributed by atoms with E-state index < -0.39 is 0 Å². The number of aromatic nitrogens is 3. The maximum absolute atomic E-state index is 13.5.